The quantitative estimate of drug-likeness (QED) is 0.577. The molecule has 0 unspecified atom stereocenters. The second-order valence-corrected chi connectivity index (χ2v) is 4.45. The van der Waals surface area contributed by atoms with E-state index in [9.17, 15) is 4.79 Å². The van der Waals surface area contributed by atoms with E-state index >= 15 is 0 Å². The summed E-state index contributed by atoms with van der Waals surface area (Å²) in [5.74, 6) is 0. The molecular formula is C11H17NO3. The molecule has 0 atom stereocenters. The van der Waals surface area contributed by atoms with Crippen molar-refractivity contribution < 1.29 is 14.3 Å². The molecule has 4 heteroatoms. The van der Waals surface area contributed by atoms with Gasteiger partial charge in [-0.1, -0.05) is 6.58 Å². The van der Waals surface area contributed by atoms with Crippen molar-refractivity contribution in [3.8, 4) is 0 Å². The Kier molecular flexibility index (Phi) is 3.39. The molecule has 0 fully saturated rings. The van der Waals surface area contributed by atoms with Crippen LogP contribution in [-0.4, -0.2) is 29.7 Å². The number of nitrogens with zero attached hydrogens (tertiary/aromatic N) is 1. The van der Waals surface area contributed by atoms with Gasteiger partial charge in [-0.15, -0.1) is 0 Å². The highest BCUT2D eigenvalue weighted by molar-refractivity contribution is 5.69. The first-order valence-electron chi connectivity index (χ1n) is 4.83. The number of ether oxygens (including phenoxy) is 2. The lowest BCUT2D eigenvalue weighted by atomic mass is 10.2. The number of rotatable bonds is 0. The van der Waals surface area contributed by atoms with E-state index in [1.807, 2.05) is 20.8 Å². The van der Waals surface area contributed by atoms with Gasteiger partial charge in [0.05, 0.1) is 12.8 Å². The average Bonchev–Trinajstić information content (AvgIpc) is 2.26. The maximum Gasteiger partial charge on any atom is 0.414 e. The highest BCUT2D eigenvalue weighted by Crippen LogP contribution is 2.12. The van der Waals surface area contributed by atoms with Crippen molar-refractivity contribution in [2.24, 2.45) is 0 Å². The lowest BCUT2D eigenvalue weighted by Gasteiger charge is -2.24. The van der Waals surface area contributed by atoms with Gasteiger partial charge in [0.2, 0.25) is 0 Å². The van der Waals surface area contributed by atoms with Crippen LogP contribution in [0.5, 0.6) is 0 Å². The molecule has 0 aromatic heterocycles. The van der Waals surface area contributed by atoms with Crippen molar-refractivity contribution in [1.82, 2.24) is 4.90 Å². The van der Waals surface area contributed by atoms with Crippen molar-refractivity contribution in [1.29, 1.82) is 0 Å². The first-order valence-corrected chi connectivity index (χ1v) is 4.83. The van der Waals surface area contributed by atoms with E-state index in [-0.39, 0.29) is 6.09 Å². The molecular weight excluding hydrogens is 194 g/mol. The maximum absolute atomic E-state index is 11.7. The number of carbonyl (C=O) groups excluding carboxylic acids is 1. The first kappa shape index (κ1) is 11.6. The van der Waals surface area contributed by atoms with E-state index in [0.717, 1.165) is 5.57 Å². The average molecular weight is 211 g/mol. The van der Waals surface area contributed by atoms with Gasteiger partial charge in [-0.3, -0.25) is 4.90 Å². The largest absolute Gasteiger partial charge is 0.495 e. The Labute approximate surface area is 90.2 Å². The summed E-state index contributed by atoms with van der Waals surface area (Å²) in [5, 5.41) is 0. The van der Waals surface area contributed by atoms with Crippen molar-refractivity contribution in [3.05, 3.63) is 24.6 Å². The fourth-order valence-corrected chi connectivity index (χ4v) is 1.07. The normalized spacial score (nSPS) is 17.0. The van der Waals surface area contributed by atoms with Gasteiger partial charge in [0.1, 0.15) is 12.2 Å². The Morgan fingerprint density at radius 2 is 2.27 bits per heavy atom. The molecule has 1 rings (SSSR count). The highest BCUT2D eigenvalue weighted by Gasteiger charge is 2.22. The molecule has 0 saturated carbocycles. The zero-order valence-electron chi connectivity index (χ0n) is 9.45. The molecule has 1 aliphatic heterocycles. The van der Waals surface area contributed by atoms with Crippen molar-refractivity contribution in [3.63, 3.8) is 0 Å². The maximum atomic E-state index is 11.7. The van der Waals surface area contributed by atoms with Crippen LogP contribution in [0.1, 0.15) is 20.8 Å². The van der Waals surface area contributed by atoms with Gasteiger partial charge < -0.3 is 9.47 Å². The lowest BCUT2D eigenvalue weighted by molar-refractivity contribution is 0.0349. The zero-order valence-corrected chi connectivity index (χ0v) is 9.45. The van der Waals surface area contributed by atoms with Crippen LogP contribution in [-0.2, 0) is 9.47 Å². The molecule has 0 radical (unpaired) electrons. The first-order chi connectivity index (χ1) is 6.88. The van der Waals surface area contributed by atoms with E-state index in [1.54, 1.807) is 6.20 Å². The summed E-state index contributed by atoms with van der Waals surface area (Å²) in [4.78, 5) is 13.1. The minimum Gasteiger partial charge on any atom is -0.495 e. The van der Waals surface area contributed by atoms with Crippen LogP contribution in [0.15, 0.2) is 24.6 Å². The molecule has 0 aromatic carbocycles. The number of hydrogen-bond acceptors (Lipinski definition) is 3. The lowest BCUT2D eigenvalue weighted by Crippen LogP contribution is -2.34. The van der Waals surface area contributed by atoms with Gasteiger partial charge in [0.15, 0.2) is 0 Å². The van der Waals surface area contributed by atoms with Crippen LogP contribution in [0.2, 0.25) is 0 Å². The van der Waals surface area contributed by atoms with Gasteiger partial charge in [-0.2, -0.15) is 0 Å². The molecule has 1 heterocycles. The van der Waals surface area contributed by atoms with Gasteiger partial charge in [0, 0.05) is 6.20 Å². The summed E-state index contributed by atoms with van der Waals surface area (Å²) in [6.45, 7) is 10.2. The Hall–Kier alpha value is -1.45. The smallest absolute Gasteiger partial charge is 0.414 e. The highest BCUT2D eigenvalue weighted by atomic mass is 16.6. The SMILES string of the molecule is C=C1COC=CN(C(=O)OC(C)(C)C)C1. The fraction of sp³-hybridized carbons (Fsp3) is 0.545. The van der Waals surface area contributed by atoms with Crippen LogP contribution in [0.25, 0.3) is 0 Å². The summed E-state index contributed by atoms with van der Waals surface area (Å²) in [7, 11) is 0. The molecule has 0 saturated heterocycles. The molecule has 1 amide bonds. The second-order valence-electron chi connectivity index (χ2n) is 4.45. The van der Waals surface area contributed by atoms with E-state index < -0.39 is 5.60 Å². The molecule has 0 spiro atoms. The molecule has 84 valence electrons. The summed E-state index contributed by atoms with van der Waals surface area (Å²) < 4.78 is 10.3. The fourth-order valence-electron chi connectivity index (χ4n) is 1.07. The monoisotopic (exact) mass is 211 g/mol. The van der Waals surface area contributed by atoms with Gasteiger partial charge in [-0.25, -0.2) is 4.79 Å². The topological polar surface area (TPSA) is 38.8 Å². The van der Waals surface area contributed by atoms with Gasteiger partial charge in [0.25, 0.3) is 0 Å². The van der Waals surface area contributed by atoms with Crippen LogP contribution >= 0.6 is 0 Å². The molecule has 15 heavy (non-hydrogen) atoms. The third-order valence-electron chi connectivity index (χ3n) is 1.65. The Morgan fingerprint density at radius 1 is 1.60 bits per heavy atom. The third kappa shape index (κ3) is 4.06. The molecule has 1 aliphatic rings. The second kappa shape index (κ2) is 4.38. The Bertz CT molecular complexity index is 289. The van der Waals surface area contributed by atoms with E-state index in [0.29, 0.717) is 13.2 Å². The summed E-state index contributed by atoms with van der Waals surface area (Å²) >= 11 is 0. The minimum absolute atomic E-state index is 0.384. The summed E-state index contributed by atoms with van der Waals surface area (Å²) in [5.41, 5.74) is 0.352. The van der Waals surface area contributed by atoms with Crippen LogP contribution in [0.4, 0.5) is 4.79 Å². The number of hydrogen-bond donors (Lipinski definition) is 0. The predicted molar refractivity (Wildman–Crippen MR) is 57.2 cm³/mol. The summed E-state index contributed by atoms with van der Waals surface area (Å²) in [6.07, 6.45) is 2.65. The van der Waals surface area contributed by atoms with Crippen molar-refractivity contribution >= 4 is 6.09 Å². The van der Waals surface area contributed by atoms with Gasteiger partial charge in [-0.05, 0) is 26.3 Å². The predicted octanol–water partition coefficient (Wildman–Crippen LogP) is 2.28. The molecule has 0 aromatic rings. The van der Waals surface area contributed by atoms with Crippen molar-refractivity contribution in [2.45, 2.75) is 26.4 Å². The Morgan fingerprint density at radius 3 is 2.87 bits per heavy atom. The van der Waals surface area contributed by atoms with Crippen molar-refractivity contribution in [2.75, 3.05) is 13.2 Å². The third-order valence-corrected chi connectivity index (χ3v) is 1.65. The standard InChI is InChI=1S/C11H17NO3/c1-9-7-12(5-6-14-8-9)10(13)15-11(2,3)4/h5-6H,1,7-8H2,2-4H3. The van der Waals surface area contributed by atoms with E-state index in [1.165, 1.54) is 11.2 Å². The molecule has 4 nitrogen and oxygen atoms in total. The van der Waals surface area contributed by atoms with Crippen LogP contribution in [0, 0.1) is 0 Å². The van der Waals surface area contributed by atoms with Crippen LogP contribution < -0.4 is 0 Å². The van der Waals surface area contributed by atoms with Crippen LogP contribution in [0.3, 0.4) is 0 Å². The van der Waals surface area contributed by atoms with E-state index in [4.69, 9.17) is 9.47 Å². The number of amides is 1. The summed E-state index contributed by atoms with van der Waals surface area (Å²) in [6, 6.07) is 0. The molecule has 0 bridgehead atoms. The number of carbonyl (C=O) groups is 1. The minimum atomic E-state index is -0.487. The molecule has 0 N–H and O–H groups in total. The molecule has 0 aliphatic carbocycles. The zero-order chi connectivity index (χ0) is 11.5. The van der Waals surface area contributed by atoms with E-state index in [2.05, 4.69) is 6.58 Å². The van der Waals surface area contributed by atoms with Gasteiger partial charge >= 0.3 is 6.09 Å². The Balaban J connectivity index is 2.61.